The van der Waals surface area contributed by atoms with Gasteiger partial charge in [-0.2, -0.15) is 5.10 Å². The zero-order valence-corrected chi connectivity index (χ0v) is 12.1. The van der Waals surface area contributed by atoms with Crippen LogP contribution in [0.2, 0.25) is 0 Å². The number of urea groups is 1. The van der Waals surface area contributed by atoms with E-state index in [0.717, 1.165) is 5.56 Å². The van der Waals surface area contributed by atoms with Crippen molar-refractivity contribution < 1.29 is 14.3 Å². The SMILES string of the molecule is COc1ccc([C@@H](C)NC(=O)Nc2cn[nH]c2)cc1OC. The molecule has 21 heavy (non-hydrogen) atoms. The molecule has 1 heterocycles. The lowest BCUT2D eigenvalue weighted by Gasteiger charge is -2.16. The summed E-state index contributed by atoms with van der Waals surface area (Å²) in [6.45, 7) is 1.89. The molecule has 0 fully saturated rings. The van der Waals surface area contributed by atoms with Gasteiger partial charge in [-0.1, -0.05) is 6.07 Å². The fourth-order valence-electron chi connectivity index (χ4n) is 1.89. The molecule has 112 valence electrons. The molecule has 0 aliphatic rings. The van der Waals surface area contributed by atoms with E-state index in [1.807, 2.05) is 19.1 Å². The van der Waals surface area contributed by atoms with Gasteiger partial charge < -0.3 is 20.1 Å². The van der Waals surface area contributed by atoms with Gasteiger partial charge in [0, 0.05) is 6.20 Å². The summed E-state index contributed by atoms with van der Waals surface area (Å²) >= 11 is 0. The number of hydrogen-bond donors (Lipinski definition) is 3. The van der Waals surface area contributed by atoms with Crippen molar-refractivity contribution in [1.29, 1.82) is 0 Å². The molecule has 0 bridgehead atoms. The molecule has 0 saturated heterocycles. The molecule has 2 amide bonds. The fraction of sp³-hybridized carbons (Fsp3) is 0.286. The maximum atomic E-state index is 11.9. The maximum absolute atomic E-state index is 11.9. The van der Waals surface area contributed by atoms with E-state index in [2.05, 4.69) is 20.8 Å². The van der Waals surface area contributed by atoms with Crippen molar-refractivity contribution in [2.45, 2.75) is 13.0 Å². The zero-order valence-electron chi connectivity index (χ0n) is 12.1. The Morgan fingerprint density at radius 2 is 2.05 bits per heavy atom. The fourth-order valence-corrected chi connectivity index (χ4v) is 1.89. The Balaban J connectivity index is 2.02. The van der Waals surface area contributed by atoms with Gasteiger partial charge in [-0.25, -0.2) is 4.79 Å². The molecule has 3 N–H and O–H groups in total. The Bertz CT molecular complexity index is 598. The molecule has 0 radical (unpaired) electrons. The first-order valence-electron chi connectivity index (χ1n) is 6.42. The van der Waals surface area contributed by atoms with Crippen LogP contribution in [-0.4, -0.2) is 30.4 Å². The van der Waals surface area contributed by atoms with E-state index in [1.54, 1.807) is 26.5 Å². The Labute approximate surface area is 122 Å². The monoisotopic (exact) mass is 290 g/mol. The minimum atomic E-state index is -0.307. The highest BCUT2D eigenvalue weighted by atomic mass is 16.5. The Morgan fingerprint density at radius 3 is 2.67 bits per heavy atom. The maximum Gasteiger partial charge on any atom is 0.319 e. The summed E-state index contributed by atoms with van der Waals surface area (Å²) in [5.41, 5.74) is 1.52. The molecular weight excluding hydrogens is 272 g/mol. The minimum Gasteiger partial charge on any atom is -0.493 e. The number of benzene rings is 1. The van der Waals surface area contributed by atoms with Crippen molar-refractivity contribution in [1.82, 2.24) is 15.5 Å². The Morgan fingerprint density at radius 1 is 1.29 bits per heavy atom. The predicted molar refractivity (Wildman–Crippen MR) is 78.7 cm³/mol. The summed E-state index contributed by atoms with van der Waals surface area (Å²) in [5, 5.41) is 11.9. The smallest absolute Gasteiger partial charge is 0.319 e. The number of amides is 2. The van der Waals surface area contributed by atoms with E-state index in [-0.39, 0.29) is 12.1 Å². The van der Waals surface area contributed by atoms with Crippen LogP contribution in [0.15, 0.2) is 30.6 Å². The predicted octanol–water partition coefficient (Wildman–Crippen LogP) is 2.31. The van der Waals surface area contributed by atoms with Gasteiger partial charge in [-0.3, -0.25) is 5.10 Å². The normalized spacial score (nSPS) is 11.6. The Kier molecular flexibility index (Phi) is 4.65. The van der Waals surface area contributed by atoms with Gasteiger partial charge in [0.25, 0.3) is 0 Å². The summed E-state index contributed by atoms with van der Waals surface area (Å²) < 4.78 is 10.4. The largest absolute Gasteiger partial charge is 0.493 e. The quantitative estimate of drug-likeness (QED) is 0.788. The van der Waals surface area contributed by atoms with E-state index >= 15 is 0 Å². The molecular formula is C14H18N4O3. The lowest BCUT2D eigenvalue weighted by atomic mass is 10.1. The van der Waals surface area contributed by atoms with E-state index in [4.69, 9.17) is 9.47 Å². The van der Waals surface area contributed by atoms with Gasteiger partial charge in [0.1, 0.15) is 0 Å². The molecule has 0 aliphatic carbocycles. The average Bonchev–Trinajstić information content (AvgIpc) is 2.99. The lowest BCUT2D eigenvalue weighted by Crippen LogP contribution is -2.31. The summed E-state index contributed by atoms with van der Waals surface area (Å²) in [6, 6.07) is 5.03. The minimum absolute atomic E-state index is 0.184. The van der Waals surface area contributed by atoms with Crippen molar-refractivity contribution in [2.75, 3.05) is 19.5 Å². The molecule has 0 unspecified atom stereocenters. The van der Waals surface area contributed by atoms with Crippen molar-refractivity contribution in [3.05, 3.63) is 36.2 Å². The average molecular weight is 290 g/mol. The number of anilines is 1. The number of aromatic nitrogens is 2. The van der Waals surface area contributed by atoms with Crippen LogP contribution in [0.5, 0.6) is 11.5 Å². The standard InChI is InChI=1S/C14H18N4O3/c1-9(17-14(19)18-11-7-15-16-8-11)10-4-5-12(20-2)13(6-10)21-3/h4-9H,1-3H3,(H,15,16)(H2,17,18,19)/t9-/m1/s1. The molecule has 1 aromatic carbocycles. The first-order chi connectivity index (χ1) is 10.1. The van der Waals surface area contributed by atoms with Crippen LogP contribution in [0.4, 0.5) is 10.5 Å². The van der Waals surface area contributed by atoms with Crippen LogP contribution in [-0.2, 0) is 0 Å². The molecule has 0 saturated carbocycles. The highest BCUT2D eigenvalue weighted by molar-refractivity contribution is 5.89. The summed E-state index contributed by atoms with van der Waals surface area (Å²) in [5.74, 6) is 1.27. The molecule has 0 spiro atoms. The molecule has 0 aliphatic heterocycles. The summed E-state index contributed by atoms with van der Waals surface area (Å²) in [7, 11) is 3.16. The van der Waals surface area contributed by atoms with Crippen molar-refractivity contribution in [3.63, 3.8) is 0 Å². The Hall–Kier alpha value is -2.70. The molecule has 1 aromatic heterocycles. The highest BCUT2D eigenvalue weighted by Gasteiger charge is 2.13. The molecule has 2 rings (SSSR count). The van der Waals surface area contributed by atoms with Crippen molar-refractivity contribution >= 4 is 11.7 Å². The van der Waals surface area contributed by atoms with Crippen LogP contribution < -0.4 is 20.1 Å². The molecule has 7 heteroatoms. The number of carbonyl (C=O) groups is 1. The number of methoxy groups -OCH3 is 2. The summed E-state index contributed by atoms with van der Waals surface area (Å²) in [4.78, 5) is 11.9. The molecule has 1 atom stereocenters. The third-order valence-electron chi connectivity index (χ3n) is 3.01. The second-order valence-corrected chi connectivity index (χ2v) is 4.42. The third kappa shape index (κ3) is 3.65. The van der Waals surface area contributed by atoms with E-state index in [1.165, 1.54) is 6.20 Å². The number of aromatic amines is 1. The lowest BCUT2D eigenvalue weighted by molar-refractivity contribution is 0.249. The first kappa shape index (κ1) is 14.7. The number of nitrogens with zero attached hydrogens (tertiary/aromatic N) is 1. The highest BCUT2D eigenvalue weighted by Crippen LogP contribution is 2.29. The second kappa shape index (κ2) is 6.65. The van der Waals surface area contributed by atoms with Gasteiger partial charge >= 0.3 is 6.03 Å². The number of carbonyl (C=O) groups excluding carboxylic acids is 1. The topological polar surface area (TPSA) is 88.3 Å². The van der Waals surface area contributed by atoms with E-state index in [0.29, 0.717) is 17.2 Å². The summed E-state index contributed by atoms with van der Waals surface area (Å²) in [6.07, 6.45) is 3.13. The first-order valence-corrected chi connectivity index (χ1v) is 6.42. The van der Waals surface area contributed by atoms with Crippen LogP contribution >= 0.6 is 0 Å². The number of H-pyrrole nitrogens is 1. The van der Waals surface area contributed by atoms with Crippen molar-refractivity contribution in [3.8, 4) is 11.5 Å². The molecule has 2 aromatic rings. The van der Waals surface area contributed by atoms with Crippen LogP contribution in [0.1, 0.15) is 18.5 Å². The zero-order chi connectivity index (χ0) is 15.2. The van der Waals surface area contributed by atoms with Crippen LogP contribution in [0.3, 0.4) is 0 Å². The van der Waals surface area contributed by atoms with Crippen LogP contribution in [0, 0.1) is 0 Å². The van der Waals surface area contributed by atoms with Crippen molar-refractivity contribution in [2.24, 2.45) is 0 Å². The molecule has 7 nitrogen and oxygen atoms in total. The van der Waals surface area contributed by atoms with E-state index < -0.39 is 0 Å². The van der Waals surface area contributed by atoms with Gasteiger partial charge in [0.05, 0.1) is 32.1 Å². The second-order valence-electron chi connectivity index (χ2n) is 4.42. The number of rotatable bonds is 5. The number of nitrogens with one attached hydrogen (secondary N) is 3. The van der Waals surface area contributed by atoms with Gasteiger partial charge in [0.2, 0.25) is 0 Å². The van der Waals surface area contributed by atoms with Gasteiger partial charge in [-0.05, 0) is 24.6 Å². The third-order valence-corrected chi connectivity index (χ3v) is 3.01. The van der Waals surface area contributed by atoms with Gasteiger partial charge in [0.15, 0.2) is 11.5 Å². The number of ether oxygens (including phenoxy) is 2. The number of hydrogen-bond acceptors (Lipinski definition) is 4. The van der Waals surface area contributed by atoms with Gasteiger partial charge in [-0.15, -0.1) is 0 Å². The van der Waals surface area contributed by atoms with Crippen LogP contribution in [0.25, 0.3) is 0 Å². The van der Waals surface area contributed by atoms with E-state index in [9.17, 15) is 4.79 Å².